The van der Waals surface area contributed by atoms with Crippen LogP contribution in [0.15, 0.2) is 12.1 Å². The van der Waals surface area contributed by atoms with Gasteiger partial charge in [0.15, 0.2) is 6.10 Å². The number of amides is 1. The molecule has 3 atom stereocenters. The molecule has 0 spiro atoms. The van der Waals surface area contributed by atoms with Crippen LogP contribution in [0.3, 0.4) is 0 Å². The molecule has 138 valence electrons. The second kappa shape index (κ2) is 8.43. The number of hydrogen-bond donors (Lipinski definition) is 2. The molecule has 0 radical (unpaired) electrons. The number of anilines is 1. The molecule has 1 fully saturated rings. The number of benzene rings is 1. The number of halogens is 1. The predicted molar refractivity (Wildman–Crippen MR) is 96.9 cm³/mol. The van der Waals surface area contributed by atoms with E-state index in [0.717, 1.165) is 19.3 Å². The molecule has 1 aliphatic carbocycles. The van der Waals surface area contributed by atoms with Gasteiger partial charge < -0.3 is 20.5 Å². The van der Waals surface area contributed by atoms with Gasteiger partial charge in [0.05, 0.1) is 17.8 Å². The van der Waals surface area contributed by atoms with Crippen LogP contribution in [-0.2, 0) is 9.53 Å². The quantitative estimate of drug-likeness (QED) is 0.615. The average Bonchev–Trinajstić information content (AvgIpc) is 2.58. The number of carbonyl (C=O) groups is 2. The van der Waals surface area contributed by atoms with Crippen LogP contribution >= 0.6 is 11.6 Å². The van der Waals surface area contributed by atoms with Gasteiger partial charge in [0.25, 0.3) is 5.91 Å². The highest BCUT2D eigenvalue weighted by Crippen LogP contribution is 2.29. The number of ether oxygens (including phenoxy) is 2. The van der Waals surface area contributed by atoms with Crippen molar-refractivity contribution in [2.45, 2.75) is 51.7 Å². The molecule has 1 amide bonds. The molecule has 0 bridgehead atoms. The highest BCUT2D eigenvalue weighted by molar-refractivity contribution is 6.33. The minimum atomic E-state index is -0.914. The number of carbonyl (C=O) groups excluding carboxylic acids is 2. The molecule has 0 unspecified atom stereocenters. The topological polar surface area (TPSA) is 90.7 Å². The van der Waals surface area contributed by atoms with Crippen molar-refractivity contribution < 1.29 is 19.1 Å². The molecule has 1 aromatic carbocycles. The van der Waals surface area contributed by atoms with Gasteiger partial charge in [-0.25, -0.2) is 4.79 Å². The van der Waals surface area contributed by atoms with Crippen molar-refractivity contribution in [3.05, 3.63) is 22.7 Å². The molecule has 6 nitrogen and oxygen atoms in total. The van der Waals surface area contributed by atoms with Crippen LogP contribution in [0.2, 0.25) is 5.02 Å². The zero-order chi connectivity index (χ0) is 18.6. The Kier molecular flexibility index (Phi) is 6.53. The van der Waals surface area contributed by atoms with Crippen LogP contribution in [0, 0.1) is 5.92 Å². The second-order valence-electron chi connectivity index (χ2n) is 6.50. The molecular formula is C18H25ClN2O4. The minimum Gasteiger partial charge on any atom is -0.496 e. The standard InChI is InChI=1S/C18H25ClN2O4/c1-10-6-4-5-7-15(10)21-17(22)11(2)25-18(23)12-8-13(19)14(20)9-16(12)24-3/h8-11,15H,4-7,20H2,1-3H3,(H,21,22)/t10-,11-,15+/m1/s1. The van der Waals surface area contributed by atoms with Gasteiger partial charge in [-0.15, -0.1) is 0 Å². The number of nitrogens with one attached hydrogen (secondary N) is 1. The van der Waals surface area contributed by atoms with E-state index in [1.165, 1.54) is 25.7 Å². The third-order valence-electron chi connectivity index (χ3n) is 4.63. The van der Waals surface area contributed by atoms with Crippen molar-refractivity contribution in [1.82, 2.24) is 5.32 Å². The SMILES string of the molecule is COc1cc(N)c(Cl)cc1C(=O)O[C@H](C)C(=O)N[C@H]1CCCC[C@H]1C. The van der Waals surface area contributed by atoms with Gasteiger partial charge in [0.2, 0.25) is 0 Å². The van der Waals surface area contributed by atoms with Crippen LogP contribution in [-0.4, -0.2) is 31.1 Å². The number of esters is 1. The molecule has 3 N–H and O–H groups in total. The molecule has 0 heterocycles. The van der Waals surface area contributed by atoms with E-state index < -0.39 is 12.1 Å². The fourth-order valence-electron chi connectivity index (χ4n) is 3.01. The lowest BCUT2D eigenvalue weighted by Crippen LogP contribution is -2.46. The second-order valence-corrected chi connectivity index (χ2v) is 6.91. The lowest BCUT2D eigenvalue weighted by Gasteiger charge is -2.30. The van der Waals surface area contributed by atoms with Crippen LogP contribution in [0.4, 0.5) is 5.69 Å². The molecule has 0 saturated heterocycles. The predicted octanol–water partition coefficient (Wildman–Crippen LogP) is 3.17. The number of hydrogen-bond acceptors (Lipinski definition) is 5. The molecule has 0 aliphatic heterocycles. The van der Waals surface area contributed by atoms with E-state index in [0.29, 0.717) is 11.6 Å². The Morgan fingerprint density at radius 2 is 2.00 bits per heavy atom. The largest absolute Gasteiger partial charge is 0.496 e. The first-order chi connectivity index (χ1) is 11.8. The Hall–Kier alpha value is -1.95. The van der Waals surface area contributed by atoms with Gasteiger partial charge >= 0.3 is 5.97 Å². The van der Waals surface area contributed by atoms with Crippen molar-refractivity contribution in [3.8, 4) is 5.75 Å². The lowest BCUT2D eigenvalue weighted by molar-refractivity contribution is -0.130. The van der Waals surface area contributed by atoms with Gasteiger partial charge in [-0.3, -0.25) is 4.79 Å². The summed E-state index contributed by atoms with van der Waals surface area (Å²) in [5.41, 5.74) is 6.13. The maximum absolute atomic E-state index is 12.4. The summed E-state index contributed by atoms with van der Waals surface area (Å²) in [6.45, 7) is 3.67. The summed E-state index contributed by atoms with van der Waals surface area (Å²) in [5, 5.41) is 3.20. The number of rotatable bonds is 5. The Morgan fingerprint density at radius 3 is 2.64 bits per heavy atom. The van der Waals surface area contributed by atoms with Gasteiger partial charge in [-0.2, -0.15) is 0 Å². The fraction of sp³-hybridized carbons (Fsp3) is 0.556. The summed E-state index contributed by atoms with van der Waals surface area (Å²) in [4.78, 5) is 24.7. The first kappa shape index (κ1) is 19.4. The minimum absolute atomic E-state index is 0.128. The molecule has 0 aromatic heterocycles. The van der Waals surface area contributed by atoms with Crippen molar-refractivity contribution in [3.63, 3.8) is 0 Å². The number of methoxy groups -OCH3 is 1. The van der Waals surface area contributed by atoms with Crippen LogP contribution in [0.1, 0.15) is 49.9 Å². The molecule has 25 heavy (non-hydrogen) atoms. The summed E-state index contributed by atoms with van der Waals surface area (Å²) in [7, 11) is 1.42. The van der Waals surface area contributed by atoms with E-state index in [-0.39, 0.29) is 28.3 Å². The summed E-state index contributed by atoms with van der Waals surface area (Å²) >= 11 is 5.96. The van der Waals surface area contributed by atoms with Crippen LogP contribution in [0.25, 0.3) is 0 Å². The Morgan fingerprint density at radius 1 is 1.32 bits per heavy atom. The monoisotopic (exact) mass is 368 g/mol. The Balaban J connectivity index is 2.02. The van der Waals surface area contributed by atoms with E-state index >= 15 is 0 Å². The third-order valence-corrected chi connectivity index (χ3v) is 4.96. The first-order valence-electron chi connectivity index (χ1n) is 8.47. The molecule has 1 saturated carbocycles. The maximum atomic E-state index is 12.4. The van der Waals surface area contributed by atoms with Crippen LogP contribution < -0.4 is 15.8 Å². The molecular weight excluding hydrogens is 344 g/mol. The van der Waals surface area contributed by atoms with Gasteiger partial charge in [-0.05, 0) is 31.7 Å². The number of nitrogens with two attached hydrogens (primary N) is 1. The Labute approximate surface area is 153 Å². The van der Waals surface area contributed by atoms with Crippen molar-refractivity contribution in [1.29, 1.82) is 0 Å². The maximum Gasteiger partial charge on any atom is 0.342 e. The first-order valence-corrected chi connectivity index (χ1v) is 8.85. The fourth-order valence-corrected chi connectivity index (χ4v) is 3.17. The highest BCUT2D eigenvalue weighted by atomic mass is 35.5. The molecule has 2 rings (SSSR count). The van der Waals surface area contributed by atoms with E-state index in [1.54, 1.807) is 6.92 Å². The van der Waals surface area contributed by atoms with E-state index in [4.69, 9.17) is 26.8 Å². The van der Waals surface area contributed by atoms with Gasteiger partial charge in [0.1, 0.15) is 11.3 Å². The van der Waals surface area contributed by atoms with E-state index in [2.05, 4.69) is 12.2 Å². The van der Waals surface area contributed by atoms with Gasteiger partial charge in [-0.1, -0.05) is 31.4 Å². The zero-order valence-electron chi connectivity index (χ0n) is 14.8. The molecule has 1 aromatic rings. The smallest absolute Gasteiger partial charge is 0.342 e. The lowest BCUT2D eigenvalue weighted by atomic mass is 9.86. The Bertz CT molecular complexity index is 650. The third kappa shape index (κ3) is 4.78. The summed E-state index contributed by atoms with van der Waals surface area (Å²) in [5.74, 6) is -0.303. The summed E-state index contributed by atoms with van der Waals surface area (Å²) in [6, 6.07) is 2.96. The highest BCUT2D eigenvalue weighted by Gasteiger charge is 2.27. The zero-order valence-corrected chi connectivity index (χ0v) is 15.6. The van der Waals surface area contributed by atoms with Crippen molar-refractivity contribution in [2.24, 2.45) is 5.92 Å². The van der Waals surface area contributed by atoms with E-state index in [1.807, 2.05) is 0 Å². The summed E-state index contributed by atoms with van der Waals surface area (Å²) in [6.07, 6.45) is 3.43. The molecule has 1 aliphatic rings. The van der Waals surface area contributed by atoms with Crippen molar-refractivity contribution in [2.75, 3.05) is 12.8 Å². The van der Waals surface area contributed by atoms with E-state index in [9.17, 15) is 9.59 Å². The van der Waals surface area contributed by atoms with Crippen molar-refractivity contribution >= 4 is 29.2 Å². The normalized spacial score (nSPS) is 21.3. The van der Waals surface area contributed by atoms with Gasteiger partial charge in [0, 0.05) is 12.1 Å². The van der Waals surface area contributed by atoms with Crippen LogP contribution in [0.5, 0.6) is 5.75 Å². The summed E-state index contributed by atoms with van der Waals surface area (Å²) < 4.78 is 10.4. The molecule has 7 heteroatoms. The number of nitrogen functional groups attached to an aromatic ring is 1. The average molecular weight is 369 g/mol.